The van der Waals surface area contributed by atoms with Gasteiger partial charge in [-0.25, -0.2) is 0 Å². The summed E-state index contributed by atoms with van der Waals surface area (Å²) >= 11 is 0. The number of nitrogens with zero attached hydrogens (tertiary/aromatic N) is 1. The summed E-state index contributed by atoms with van der Waals surface area (Å²) in [5.74, 6) is 0.355. The number of anilines is 2. The molecule has 1 fully saturated rings. The summed E-state index contributed by atoms with van der Waals surface area (Å²) in [5.41, 5.74) is 5.70. The minimum absolute atomic E-state index is 0.108. The highest BCUT2D eigenvalue weighted by Gasteiger charge is 2.36. The van der Waals surface area contributed by atoms with Crippen LogP contribution in [0.5, 0.6) is 0 Å². The van der Waals surface area contributed by atoms with Gasteiger partial charge in [0.15, 0.2) is 0 Å². The van der Waals surface area contributed by atoms with Gasteiger partial charge in [-0.05, 0) is 74.1 Å². The third kappa shape index (κ3) is 3.04. The lowest BCUT2D eigenvalue weighted by molar-refractivity contribution is -0.119. The van der Waals surface area contributed by atoms with Crippen LogP contribution in [0.15, 0.2) is 36.4 Å². The van der Waals surface area contributed by atoms with Crippen molar-refractivity contribution in [3.63, 3.8) is 0 Å². The Hall–Kier alpha value is -2.62. The zero-order chi connectivity index (χ0) is 17.6. The lowest BCUT2D eigenvalue weighted by atomic mass is 10.1. The predicted octanol–water partition coefficient (Wildman–Crippen LogP) is 3.85. The summed E-state index contributed by atoms with van der Waals surface area (Å²) in [6, 6.07) is 11.7. The van der Waals surface area contributed by atoms with Gasteiger partial charge in [0.1, 0.15) is 0 Å². The van der Waals surface area contributed by atoms with Gasteiger partial charge in [-0.2, -0.15) is 0 Å². The molecule has 0 aromatic heterocycles. The van der Waals surface area contributed by atoms with E-state index in [0.717, 1.165) is 53.9 Å². The molecule has 2 aromatic carbocycles. The molecule has 0 atom stereocenters. The fourth-order valence-electron chi connectivity index (χ4n) is 3.39. The average molecular weight is 334 g/mol. The van der Waals surface area contributed by atoms with Crippen LogP contribution in [-0.4, -0.2) is 18.4 Å². The van der Waals surface area contributed by atoms with E-state index in [1.807, 2.05) is 55.1 Å². The van der Waals surface area contributed by atoms with Crippen LogP contribution in [0.1, 0.15) is 39.9 Å². The molecule has 128 valence electrons. The highest BCUT2D eigenvalue weighted by molar-refractivity contribution is 6.06. The van der Waals surface area contributed by atoms with Crippen molar-refractivity contribution >= 4 is 23.2 Å². The maximum absolute atomic E-state index is 12.6. The van der Waals surface area contributed by atoms with Crippen molar-refractivity contribution in [3.8, 4) is 0 Å². The zero-order valence-electron chi connectivity index (χ0n) is 14.6. The number of carbonyl (C=O) groups is 2. The molecule has 0 unspecified atom stereocenters. The van der Waals surface area contributed by atoms with Crippen molar-refractivity contribution < 1.29 is 9.59 Å². The van der Waals surface area contributed by atoms with Crippen molar-refractivity contribution in [2.45, 2.75) is 33.1 Å². The third-order valence-electron chi connectivity index (χ3n) is 5.07. The topological polar surface area (TPSA) is 49.4 Å². The summed E-state index contributed by atoms with van der Waals surface area (Å²) in [7, 11) is 0. The summed E-state index contributed by atoms with van der Waals surface area (Å²) in [6.07, 6.45) is 2.85. The van der Waals surface area contributed by atoms with Gasteiger partial charge >= 0.3 is 0 Å². The van der Waals surface area contributed by atoms with Crippen LogP contribution in [0.4, 0.5) is 11.4 Å². The van der Waals surface area contributed by atoms with E-state index in [-0.39, 0.29) is 17.7 Å². The molecule has 1 N–H and O–H groups in total. The molecular weight excluding hydrogens is 312 g/mol. The van der Waals surface area contributed by atoms with E-state index in [1.165, 1.54) is 0 Å². The van der Waals surface area contributed by atoms with Gasteiger partial charge in [0.2, 0.25) is 5.91 Å². The number of aryl methyl sites for hydroxylation is 2. The van der Waals surface area contributed by atoms with Crippen molar-refractivity contribution in [1.29, 1.82) is 0 Å². The van der Waals surface area contributed by atoms with E-state index in [4.69, 9.17) is 0 Å². The predicted molar refractivity (Wildman–Crippen MR) is 99.1 cm³/mol. The Bertz CT molecular complexity index is 868. The average Bonchev–Trinajstić information content (AvgIpc) is 3.36. The molecule has 0 saturated heterocycles. The summed E-state index contributed by atoms with van der Waals surface area (Å²) in [6.45, 7) is 4.72. The quantitative estimate of drug-likeness (QED) is 0.927. The Morgan fingerprint density at radius 3 is 2.64 bits per heavy atom. The fourth-order valence-corrected chi connectivity index (χ4v) is 3.39. The second kappa shape index (κ2) is 6.03. The SMILES string of the molecule is Cc1ccc(C)c(NC(=O)c2ccc3c(c2)CCN3C(=O)C2CC2)c1. The van der Waals surface area contributed by atoms with E-state index in [2.05, 4.69) is 5.32 Å². The number of benzene rings is 2. The summed E-state index contributed by atoms with van der Waals surface area (Å²) in [5, 5.41) is 3.00. The fraction of sp³-hybridized carbons (Fsp3) is 0.333. The smallest absolute Gasteiger partial charge is 0.255 e. The number of carbonyl (C=O) groups excluding carboxylic acids is 2. The van der Waals surface area contributed by atoms with E-state index in [0.29, 0.717) is 5.56 Å². The highest BCUT2D eigenvalue weighted by Crippen LogP contribution is 2.36. The molecular formula is C21H22N2O2. The van der Waals surface area contributed by atoms with Crippen LogP contribution in [0.2, 0.25) is 0 Å². The Morgan fingerprint density at radius 1 is 1.08 bits per heavy atom. The number of hydrogen-bond acceptors (Lipinski definition) is 2. The monoisotopic (exact) mass is 334 g/mol. The minimum atomic E-state index is -0.108. The first-order chi connectivity index (χ1) is 12.0. The number of nitrogens with one attached hydrogen (secondary N) is 1. The van der Waals surface area contributed by atoms with Crippen LogP contribution in [0, 0.1) is 19.8 Å². The minimum Gasteiger partial charge on any atom is -0.322 e. The molecule has 25 heavy (non-hydrogen) atoms. The molecule has 0 bridgehead atoms. The number of fused-ring (bicyclic) bond motifs is 1. The third-order valence-corrected chi connectivity index (χ3v) is 5.07. The van der Waals surface area contributed by atoms with E-state index in [1.54, 1.807) is 0 Å². The van der Waals surface area contributed by atoms with Crippen molar-refractivity contribution in [1.82, 2.24) is 0 Å². The normalized spacial score (nSPS) is 15.8. The molecule has 4 nitrogen and oxygen atoms in total. The highest BCUT2D eigenvalue weighted by atomic mass is 16.2. The van der Waals surface area contributed by atoms with Gasteiger partial charge in [0.25, 0.3) is 5.91 Å². The first-order valence-corrected chi connectivity index (χ1v) is 8.86. The summed E-state index contributed by atoms with van der Waals surface area (Å²) in [4.78, 5) is 26.9. The standard InChI is InChI=1S/C21H22N2O2/c1-13-3-4-14(2)18(11-13)22-20(24)17-7-8-19-16(12-17)9-10-23(19)21(25)15-5-6-15/h3-4,7-8,11-12,15H,5-6,9-10H2,1-2H3,(H,22,24). The maximum atomic E-state index is 12.6. The van der Waals surface area contributed by atoms with Gasteiger partial charge in [0.05, 0.1) is 0 Å². The van der Waals surface area contributed by atoms with E-state index >= 15 is 0 Å². The second-order valence-electron chi connectivity index (χ2n) is 7.13. The van der Waals surface area contributed by atoms with Gasteiger partial charge in [0, 0.05) is 29.4 Å². The first-order valence-electron chi connectivity index (χ1n) is 8.86. The molecule has 4 heteroatoms. The molecule has 0 spiro atoms. The van der Waals surface area contributed by atoms with Gasteiger partial charge in [-0.1, -0.05) is 12.1 Å². The summed E-state index contributed by atoms with van der Waals surface area (Å²) < 4.78 is 0. The van der Waals surface area contributed by atoms with Crippen molar-refractivity contribution in [3.05, 3.63) is 58.7 Å². The molecule has 1 aliphatic carbocycles. The first kappa shape index (κ1) is 15.9. The zero-order valence-corrected chi connectivity index (χ0v) is 14.6. The Kier molecular flexibility index (Phi) is 3.83. The van der Waals surface area contributed by atoms with Gasteiger partial charge < -0.3 is 10.2 Å². The van der Waals surface area contributed by atoms with Gasteiger partial charge in [-0.3, -0.25) is 9.59 Å². The molecule has 0 radical (unpaired) electrons. The maximum Gasteiger partial charge on any atom is 0.255 e. The molecule has 2 aliphatic rings. The van der Waals surface area contributed by atoms with Crippen LogP contribution in [0.25, 0.3) is 0 Å². The van der Waals surface area contributed by atoms with Crippen molar-refractivity contribution in [2.24, 2.45) is 5.92 Å². The Balaban J connectivity index is 1.55. The van der Waals surface area contributed by atoms with Crippen LogP contribution in [-0.2, 0) is 11.2 Å². The van der Waals surface area contributed by atoms with Gasteiger partial charge in [-0.15, -0.1) is 0 Å². The lowest BCUT2D eigenvalue weighted by Gasteiger charge is -2.17. The molecule has 1 aliphatic heterocycles. The largest absolute Gasteiger partial charge is 0.322 e. The number of rotatable bonds is 3. The van der Waals surface area contributed by atoms with Crippen molar-refractivity contribution in [2.75, 3.05) is 16.8 Å². The van der Waals surface area contributed by atoms with E-state index < -0.39 is 0 Å². The Labute approximate surface area is 147 Å². The number of hydrogen-bond donors (Lipinski definition) is 1. The van der Waals surface area contributed by atoms with Crippen LogP contribution < -0.4 is 10.2 Å². The van der Waals surface area contributed by atoms with Crippen LogP contribution >= 0.6 is 0 Å². The Morgan fingerprint density at radius 2 is 1.88 bits per heavy atom. The number of amides is 2. The molecule has 1 heterocycles. The second-order valence-corrected chi connectivity index (χ2v) is 7.13. The molecule has 2 amide bonds. The van der Waals surface area contributed by atoms with E-state index in [9.17, 15) is 9.59 Å². The van der Waals surface area contributed by atoms with Crippen LogP contribution in [0.3, 0.4) is 0 Å². The molecule has 2 aromatic rings. The molecule has 4 rings (SSSR count). The molecule has 1 saturated carbocycles. The lowest BCUT2D eigenvalue weighted by Crippen LogP contribution is -2.30.